The molecule has 1 aliphatic heterocycles. The summed E-state index contributed by atoms with van der Waals surface area (Å²) in [5, 5.41) is 13.1. The molecule has 1 saturated heterocycles. The first kappa shape index (κ1) is 12.9. The summed E-state index contributed by atoms with van der Waals surface area (Å²) in [5.41, 5.74) is 0. The third kappa shape index (κ3) is 4.93. The number of piperazine rings is 1. The fourth-order valence-corrected chi connectivity index (χ4v) is 1.78. The van der Waals surface area contributed by atoms with Gasteiger partial charge in [-0.25, -0.2) is 0 Å². The van der Waals surface area contributed by atoms with Crippen LogP contribution in [0.2, 0.25) is 0 Å². The van der Waals surface area contributed by atoms with Crippen LogP contribution in [-0.4, -0.2) is 61.0 Å². The third-order valence-electron chi connectivity index (χ3n) is 2.71. The molecule has 4 nitrogen and oxygen atoms in total. The van der Waals surface area contributed by atoms with E-state index in [0.29, 0.717) is 12.6 Å². The van der Waals surface area contributed by atoms with Crippen molar-refractivity contribution in [3.63, 3.8) is 0 Å². The van der Waals surface area contributed by atoms with Gasteiger partial charge in [0.2, 0.25) is 0 Å². The van der Waals surface area contributed by atoms with Crippen LogP contribution >= 0.6 is 0 Å². The number of ether oxygens (including phenoxy) is 1. The van der Waals surface area contributed by atoms with E-state index in [1.165, 1.54) is 0 Å². The number of rotatable bonds is 5. The van der Waals surface area contributed by atoms with Crippen LogP contribution in [0.1, 0.15) is 20.8 Å². The number of nitrogens with zero attached hydrogens (tertiary/aromatic N) is 1. The van der Waals surface area contributed by atoms with E-state index in [4.69, 9.17) is 4.74 Å². The molecule has 2 N–H and O–H groups in total. The van der Waals surface area contributed by atoms with Crippen molar-refractivity contribution >= 4 is 0 Å². The van der Waals surface area contributed by atoms with Crippen molar-refractivity contribution in [3.05, 3.63) is 0 Å². The molecule has 0 aromatic rings. The summed E-state index contributed by atoms with van der Waals surface area (Å²) in [6.45, 7) is 10.4. The molecule has 0 aromatic carbocycles. The monoisotopic (exact) mass is 216 g/mol. The molecule has 1 fully saturated rings. The molecule has 0 spiro atoms. The summed E-state index contributed by atoms with van der Waals surface area (Å²) in [7, 11) is 0. The normalized spacial score (nSPS) is 25.8. The molecule has 0 aromatic heterocycles. The summed E-state index contributed by atoms with van der Waals surface area (Å²) in [6, 6.07) is 0.507. The van der Waals surface area contributed by atoms with E-state index in [1.807, 2.05) is 13.8 Å². The Hall–Kier alpha value is -0.160. The second-order valence-electron chi connectivity index (χ2n) is 4.58. The van der Waals surface area contributed by atoms with Crippen molar-refractivity contribution in [3.8, 4) is 0 Å². The second-order valence-corrected chi connectivity index (χ2v) is 4.58. The summed E-state index contributed by atoms with van der Waals surface area (Å²) >= 11 is 0. The molecule has 90 valence electrons. The van der Waals surface area contributed by atoms with E-state index in [1.54, 1.807) is 0 Å². The lowest BCUT2D eigenvalue weighted by atomic mass is 10.2. The predicted octanol–water partition coefficient (Wildman–Crippen LogP) is 0.0660. The molecule has 1 unspecified atom stereocenters. The van der Waals surface area contributed by atoms with Crippen LogP contribution in [0.3, 0.4) is 0 Å². The minimum Gasteiger partial charge on any atom is -0.389 e. The maximum absolute atomic E-state index is 9.78. The number of aliphatic hydroxyl groups excluding tert-OH is 1. The first-order valence-electron chi connectivity index (χ1n) is 5.84. The molecule has 4 heteroatoms. The highest BCUT2D eigenvalue weighted by Gasteiger charge is 2.20. The first-order valence-corrected chi connectivity index (χ1v) is 5.84. The first-order chi connectivity index (χ1) is 7.09. The van der Waals surface area contributed by atoms with Gasteiger partial charge >= 0.3 is 0 Å². The largest absolute Gasteiger partial charge is 0.389 e. The predicted molar refractivity (Wildman–Crippen MR) is 61.0 cm³/mol. The van der Waals surface area contributed by atoms with Crippen LogP contribution in [0.25, 0.3) is 0 Å². The minimum atomic E-state index is -0.368. The molecule has 1 aliphatic rings. The average Bonchev–Trinajstić information content (AvgIpc) is 2.18. The van der Waals surface area contributed by atoms with Gasteiger partial charge in [-0.15, -0.1) is 0 Å². The standard InChI is InChI=1S/C11H24N2O2/c1-9(2)15-8-11(14)7-13-5-4-12-6-10(13)3/h9-12,14H,4-8H2,1-3H3/t10-,11?/m0/s1. The fourth-order valence-electron chi connectivity index (χ4n) is 1.78. The Morgan fingerprint density at radius 3 is 2.87 bits per heavy atom. The van der Waals surface area contributed by atoms with Gasteiger partial charge in [0.15, 0.2) is 0 Å². The van der Waals surface area contributed by atoms with Gasteiger partial charge in [-0.1, -0.05) is 0 Å². The summed E-state index contributed by atoms with van der Waals surface area (Å²) in [5.74, 6) is 0. The van der Waals surface area contributed by atoms with Crippen LogP contribution in [0.4, 0.5) is 0 Å². The van der Waals surface area contributed by atoms with Gasteiger partial charge < -0.3 is 15.2 Å². The van der Waals surface area contributed by atoms with Crippen LogP contribution in [0, 0.1) is 0 Å². The molecule has 2 atom stereocenters. The third-order valence-corrected chi connectivity index (χ3v) is 2.71. The van der Waals surface area contributed by atoms with Crippen molar-refractivity contribution in [1.82, 2.24) is 10.2 Å². The lowest BCUT2D eigenvalue weighted by Gasteiger charge is -2.35. The molecule has 0 amide bonds. The quantitative estimate of drug-likeness (QED) is 0.682. The Balaban J connectivity index is 2.20. The lowest BCUT2D eigenvalue weighted by molar-refractivity contribution is -0.0155. The van der Waals surface area contributed by atoms with Gasteiger partial charge in [-0.05, 0) is 20.8 Å². The topological polar surface area (TPSA) is 44.7 Å². The van der Waals surface area contributed by atoms with Crippen molar-refractivity contribution in [2.75, 3.05) is 32.8 Å². The second kappa shape index (κ2) is 6.43. The maximum Gasteiger partial charge on any atom is 0.0900 e. The zero-order valence-electron chi connectivity index (χ0n) is 10.1. The van der Waals surface area contributed by atoms with E-state index in [0.717, 1.165) is 26.2 Å². The zero-order chi connectivity index (χ0) is 11.3. The molecule has 0 saturated carbocycles. The van der Waals surface area contributed by atoms with Gasteiger partial charge in [0, 0.05) is 32.2 Å². The fraction of sp³-hybridized carbons (Fsp3) is 1.00. The molecule has 0 aliphatic carbocycles. The SMILES string of the molecule is CC(C)OCC(O)CN1CCNC[C@@H]1C. The molecule has 1 rings (SSSR count). The van der Waals surface area contributed by atoms with Crippen LogP contribution < -0.4 is 5.32 Å². The smallest absolute Gasteiger partial charge is 0.0900 e. The molecule has 0 radical (unpaired) electrons. The number of nitrogens with one attached hydrogen (secondary N) is 1. The van der Waals surface area contributed by atoms with Gasteiger partial charge in [0.1, 0.15) is 0 Å². The van der Waals surface area contributed by atoms with E-state index < -0.39 is 0 Å². The number of β-amino-alcohol motifs (C(OH)–C–C–N with tert-alkyl or cyclic N) is 1. The van der Waals surface area contributed by atoms with Crippen molar-refractivity contribution in [1.29, 1.82) is 0 Å². The van der Waals surface area contributed by atoms with Gasteiger partial charge in [0.05, 0.1) is 18.8 Å². The highest BCUT2D eigenvalue weighted by molar-refractivity contribution is 4.77. The summed E-state index contributed by atoms with van der Waals surface area (Å²) in [6.07, 6.45) is -0.173. The van der Waals surface area contributed by atoms with Crippen LogP contribution in [0.5, 0.6) is 0 Å². The number of hydrogen-bond acceptors (Lipinski definition) is 4. The molecule has 1 heterocycles. The lowest BCUT2D eigenvalue weighted by Crippen LogP contribution is -2.52. The van der Waals surface area contributed by atoms with Crippen molar-refractivity contribution in [2.45, 2.75) is 39.0 Å². The maximum atomic E-state index is 9.78. The molecule has 0 bridgehead atoms. The van der Waals surface area contributed by atoms with Crippen molar-refractivity contribution < 1.29 is 9.84 Å². The number of aliphatic hydroxyl groups is 1. The van der Waals surface area contributed by atoms with Gasteiger partial charge in [0.25, 0.3) is 0 Å². The molecule has 15 heavy (non-hydrogen) atoms. The van der Waals surface area contributed by atoms with Crippen LogP contribution in [-0.2, 0) is 4.74 Å². The van der Waals surface area contributed by atoms with Gasteiger partial charge in [-0.3, -0.25) is 4.90 Å². The Morgan fingerprint density at radius 1 is 1.53 bits per heavy atom. The summed E-state index contributed by atoms with van der Waals surface area (Å²) < 4.78 is 5.39. The Morgan fingerprint density at radius 2 is 2.27 bits per heavy atom. The number of hydrogen-bond donors (Lipinski definition) is 2. The van der Waals surface area contributed by atoms with Crippen molar-refractivity contribution in [2.24, 2.45) is 0 Å². The minimum absolute atomic E-state index is 0.195. The molecular weight excluding hydrogens is 192 g/mol. The Bertz CT molecular complexity index is 176. The Labute approximate surface area is 92.6 Å². The summed E-state index contributed by atoms with van der Waals surface area (Å²) in [4.78, 5) is 2.31. The highest BCUT2D eigenvalue weighted by Crippen LogP contribution is 2.04. The van der Waals surface area contributed by atoms with E-state index >= 15 is 0 Å². The van der Waals surface area contributed by atoms with Gasteiger partial charge in [-0.2, -0.15) is 0 Å². The van der Waals surface area contributed by atoms with E-state index in [2.05, 4.69) is 17.1 Å². The van der Waals surface area contributed by atoms with E-state index in [9.17, 15) is 5.11 Å². The highest BCUT2D eigenvalue weighted by atomic mass is 16.5. The van der Waals surface area contributed by atoms with E-state index in [-0.39, 0.29) is 12.2 Å². The average molecular weight is 216 g/mol. The zero-order valence-corrected chi connectivity index (χ0v) is 10.1. The van der Waals surface area contributed by atoms with Crippen LogP contribution in [0.15, 0.2) is 0 Å². The molecular formula is C11H24N2O2. The Kier molecular flexibility index (Phi) is 5.53.